The number of para-hydroxylation sites is 1. The fourth-order valence-corrected chi connectivity index (χ4v) is 6.48. The first-order chi connectivity index (χ1) is 22.3. The Balaban J connectivity index is 1.48. The number of hydrogen-bond donors (Lipinski definition) is 0. The summed E-state index contributed by atoms with van der Waals surface area (Å²) in [6.45, 7) is 0. The molecular weight excluding hydrogens is 544 g/mol. The molecule has 0 amide bonds. The molecular formula is C43H28N2. The minimum Gasteiger partial charge on any atom is -0.308 e. The van der Waals surface area contributed by atoms with Crippen molar-refractivity contribution in [2.24, 2.45) is 0 Å². The summed E-state index contributed by atoms with van der Waals surface area (Å²) in [5.41, 5.74) is 13.3. The van der Waals surface area contributed by atoms with E-state index in [9.17, 15) is 5.26 Å². The molecule has 0 spiro atoms. The maximum absolute atomic E-state index is 9.49. The third-order valence-corrected chi connectivity index (χ3v) is 8.65. The minimum absolute atomic E-state index is 0.651. The van der Waals surface area contributed by atoms with Gasteiger partial charge in [-0.15, -0.1) is 0 Å². The van der Waals surface area contributed by atoms with Crippen LogP contribution < -0.4 is 0 Å². The fraction of sp³-hybridized carbons (Fsp3) is 0. The molecule has 8 aromatic rings. The van der Waals surface area contributed by atoms with Gasteiger partial charge in [0.25, 0.3) is 0 Å². The number of nitriles is 1. The van der Waals surface area contributed by atoms with Crippen LogP contribution in [-0.4, -0.2) is 4.57 Å². The molecule has 0 unspecified atom stereocenters. The van der Waals surface area contributed by atoms with Gasteiger partial charge >= 0.3 is 0 Å². The zero-order chi connectivity index (χ0) is 30.2. The van der Waals surface area contributed by atoms with Gasteiger partial charge in [0.15, 0.2) is 0 Å². The van der Waals surface area contributed by atoms with E-state index in [4.69, 9.17) is 0 Å². The molecule has 0 bridgehead atoms. The lowest BCUT2D eigenvalue weighted by Crippen LogP contribution is -2.00. The van der Waals surface area contributed by atoms with Crippen LogP contribution in [0.4, 0.5) is 0 Å². The van der Waals surface area contributed by atoms with E-state index >= 15 is 0 Å². The molecule has 0 N–H and O–H groups in total. The summed E-state index contributed by atoms with van der Waals surface area (Å²) in [5.74, 6) is 0. The predicted molar refractivity (Wildman–Crippen MR) is 187 cm³/mol. The highest BCUT2D eigenvalue weighted by atomic mass is 15.0. The average molecular weight is 573 g/mol. The van der Waals surface area contributed by atoms with Gasteiger partial charge in [0, 0.05) is 21.9 Å². The van der Waals surface area contributed by atoms with Gasteiger partial charge in [-0.3, -0.25) is 0 Å². The number of nitrogens with zero attached hydrogens (tertiary/aromatic N) is 2. The highest BCUT2D eigenvalue weighted by Crippen LogP contribution is 2.43. The molecule has 1 heterocycles. The van der Waals surface area contributed by atoms with Gasteiger partial charge in [-0.2, -0.15) is 5.26 Å². The lowest BCUT2D eigenvalue weighted by atomic mass is 9.95. The summed E-state index contributed by atoms with van der Waals surface area (Å²) in [6.07, 6.45) is 0. The number of aromatic nitrogens is 1. The molecule has 1 aromatic heterocycles. The van der Waals surface area contributed by atoms with Crippen molar-refractivity contribution in [3.05, 3.63) is 175 Å². The molecule has 8 rings (SSSR count). The first-order valence-electron chi connectivity index (χ1n) is 15.2. The summed E-state index contributed by atoms with van der Waals surface area (Å²) in [5, 5.41) is 11.9. The number of hydrogen-bond acceptors (Lipinski definition) is 1. The van der Waals surface area contributed by atoms with Crippen molar-refractivity contribution in [2.45, 2.75) is 0 Å². The Bertz CT molecular complexity index is 2250. The summed E-state index contributed by atoms with van der Waals surface area (Å²) < 4.78 is 2.43. The van der Waals surface area contributed by atoms with Gasteiger partial charge in [-0.1, -0.05) is 133 Å². The summed E-state index contributed by atoms with van der Waals surface area (Å²) in [7, 11) is 0. The van der Waals surface area contributed by atoms with E-state index < -0.39 is 0 Å². The molecule has 0 atom stereocenters. The third-order valence-electron chi connectivity index (χ3n) is 8.65. The molecule has 2 nitrogen and oxygen atoms in total. The van der Waals surface area contributed by atoms with Crippen LogP contribution in [0.3, 0.4) is 0 Å². The molecule has 7 aromatic carbocycles. The van der Waals surface area contributed by atoms with E-state index in [2.05, 4.69) is 168 Å². The lowest BCUT2D eigenvalue weighted by molar-refractivity contribution is 1.18. The summed E-state index contributed by atoms with van der Waals surface area (Å²) in [4.78, 5) is 0. The SMILES string of the molecule is N#Cc1ccc(-c2cccc(-c3ccccc3)c2-n2c3ccc(-c4ccccc4)cc3c3cc(-c4ccccc4)ccc32)cc1. The Morgan fingerprint density at radius 2 is 0.800 bits per heavy atom. The van der Waals surface area contributed by atoms with E-state index in [0.29, 0.717) is 5.56 Å². The Kier molecular flexibility index (Phi) is 6.56. The Labute approximate surface area is 262 Å². The van der Waals surface area contributed by atoms with Crippen molar-refractivity contribution < 1.29 is 0 Å². The largest absolute Gasteiger partial charge is 0.308 e. The average Bonchev–Trinajstić information content (AvgIpc) is 3.45. The Morgan fingerprint density at radius 3 is 1.27 bits per heavy atom. The topological polar surface area (TPSA) is 28.7 Å². The molecule has 0 saturated carbocycles. The van der Waals surface area contributed by atoms with Gasteiger partial charge in [0.1, 0.15) is 0 Å². The van der Waals surface area contributed by atoms with Crippen LogP contribution in [0.15, 0.2) is 170 Å². The Morgan fingerprint density at radius 1 is 0.378 bits per heavy atom. The summed E-state index contributed by atoms with van der Waals surface area (Å²) in [6, 6.07) is 62.2. The first-order valence-corrected chi connectivity index (χ1v) is 15.2. The monoisotopic (exact) mass is 572 g/mol. The van der Waals surface area contributed by atoms with Crippen molar-refractivity contribution in [1.29, 1.82) is 5.26 Å². The zero-order valence-corrected chi connectivity index (χ0v) is 24.6. The van der Waals surface area contributed by atoms with Crippen molar-refractivity contribution in [3.8, 4) is 56.3 Å². The number of fused-ring (bicyclic) bond motifs is 3. The molecule has 0 aliphatic rings. The first kappa shape index (κ1) is 26.5. The smallest absolute Gasteiger partial charge is 0.0991 e. The van der Waals surface area contributed by atoms with Crippen molar-refractivity contribution >= 4 is 21.8 Å². The number of rotatable bonds is 5. The van der Waals surface area contributed by atoms with Crippen LogP contribution in [0.2, 0.25) is 0 Å². The zero-order valence-electron chi connectivity index (χ0n) is 24.6. The van der Waals surface area contributed by atoms with Gasteiger partial charge in [0.2, 0.25) is 0 Å². The molecule has 0 aliphatic carbocycles. The molecule has 0 saturated heterocycles. The molecule has 45 heavy (non-hydrogen) atoms. The molecule has 0 radical (unpaired) electrons. The van der Waals surface area contributed by atoms with Crippen LogP contribution in [0.25, 0.3) is 72.0 Å². The second kappa shape index (κ2) is 11.2. The van der Waals surface area contributed by atoms with Crippen molar-refractivity contribution in [1.82, 2.24) is 4.57 Å². The minimum atomic E-state index is 0.651. The van der Waals surface area contributed by atoms with Crippen molar-refractivity contribution in [2.75, 3.05) is 0 Å². The highest BCUT2D eigenvalue weighted by Gasteiger charge is 2.20. The third kappa shape index (κ3) is 4.68. The maximum atomic E-state index is 9.49. The van der Waals surface area contributed by atoms with Crippen LogP contribution >= 0.6 is 0 Å². The van der Waals surface area contributed by atoms with Crippen LogP contribution in [0.5, 0.6) is 0 Å². The van der Waals surface area contributed by atoms with Crippen molar-refractivity contribution in [3.63, 3.8) is 0 Å². The van der Waals surface area contributed by atoms with E-state index in [0.717, 1.165) is 39.0 Å². The van der Waals surface area contributed by atoms with E-state index in [-0.39, 0.29) is 0 Å². The fourth-order valence-electron chi connectivity index (χ4n) is 6.48. The maximum Gasteiger partial charge on any atom is 0.0991 e. The Hall–Kier alpha value is -6.17. The summed E-state index contributed by atoms with van der Waals surface area (Å²) >= 11 is 0. The lowest BCUT2D eigenvalue weighted by Gasteiger charge is -2.19. The molecule has 2 heteroatoms. The van der Waals surface area contributed by atoms with E-state index in [1.165, 1.54) is 33.0 Å². The van der Waals surface area contributed by atoms with E-state index in [1.54, 1.807) is 0 Å². The van der Waals surface area contributed by atoms with Crippen LogP contribution in [0, 0.1) is 11.3 Å². The van der Waals surface area contributed by atoms with Gasteiger partial charge < -0.3 is 4.57 Å². The van der Waals surface area contributed by atoms with Crippen LogP contribution in [0.1, 0.15) is 5.56 Å². The standard InChI is InChI=1S/C43H28N2/c44-29-30-19-21-34(22-20-30)38-18-10-17-37(33-15-8-3-9-16-33)43(38)45-41-25-23-35(31-11-4-1-5-12-31)27-39(41)40-28-36(24-26-42(40)45)32-13-6-2-7-14-32/h1-28H. The second-order valence-corrected chi connectivity index (χ2v) is 11.3. The number of benzene rings is 7. The van der Waals surface area contributed by atoms with Gasteiger partial charge in [-0.25, -0.2) is 0 Å². The van der Waals surface area contributed by atoms with Crippen LogP contribution in [-0.2, 0) is 0 Å². The quantitative estimate of drug-likeness (QED) is 0.202. The molecule has 210 valence electrons. The van der Waals surface area contributed by atoms with E-state index in [1.807, 2.05) is 12.1 Å². The van der Waals surface area contributed by atoms with Gasteiger partial charge in [-0.05, 0) is 69.8 Å². The molecule has 0 aliphatic heterocycles. The normalized spacial score (nSPS) is 11.1. The second-order valence-electron chi connectivity index (χ2n) is 11.3. The van der Waals surface area contributed by atoms with Gasteiger partial charge in [0.05, 0.1) is 28.4 Å². The predicted octanol–water partition coefficient (Wildman–Crippen LogP) is 11.3. The highest BCUT2D eigenvalue weighted by molar-refractivity contribution is 6.12. The molecule has 0 fully saturated rings.